The van der Waals surface area contributed by atoms with Crippen molar-refractivity contribution >= 4 is 16.9 Å². The molecule has 1 aromatic carbocycles. The predicted molar refractivity (Wildman–Crippen MR) is 136 cm³/mol. The zero-order valence-corrected chi connectivity index (χ0v) is 21.4. The second kappa shape index (κ2) is 9.15. The minimum Gasteiger partial charge on any atom is -0.486 e. The standard InChI is InChI=1S/C27H35N5O3/c1-18(2)32-25-21(17-28-32)20(26(33)30-9-6-10-31(12-11-30)27(3,4)5)16-22(29-25)19-7-8-23-24(15-19)35-14-13-34-23/h7-8,15-18H,6,9-14H2,1-5H3. The van der Waals surface area contributed by atoms with Crippen LogP contribution in [0.1, 0.15) is 57.4 Å². The van der Waals surface area contributed by atoms with Gasteiger partial charge in [0.25, 0.3) is 5.91 Å². The number of carbonyl (C=O) groups is 1. The van der Waals surface area contributed by atoms with E-state index in [0.717, 1.165) is 54.1 Å². The molecule has 0 bridgehead atoms. The van der Waals surface area contributed by atoms with Gasteiger partial charge in [-0.25, -0.2) is 9.67 Å². The summed E-state index contributed by atoms with van der Waals surface area (Å²) in [5, 5.41) is 5.37. The summed E-state index contributed by atoms with van der Waals surface area (Å²) in [4.78, 5) is 23.3. The van der Waals surface area contributed by atoms with Crippen LogP contribution in [0.4, 0.5) is 0 Å². The van der Waals surface area contributed by atoms with E-state index >= 15 is 0 Å². The zero-order valence-electron chi connectivity index (χ0n) is 21.4. The third-order valence-corrected chi connectivity index (χ3v) is 6.86. The first-order valence-corrected chi connectivity index (χ1v) is 12.5. The van der Waals surface area contributed by atoms with Gasteiger partial charge >= 0.3 is 0 Å². The molecule has 0 N–H and O–H groups in total. The monoisotopic (exact) mass is 477 g/mol. The van der Waals surface area contributed by atoms with Gasteiger partial charge in [-0.15, -0.1) is 0 Å². The lowest BCUT2D eigenvalue weighted by atomic mass is 10.0. The number of hydrogen-bond donors (Lipinski definition) is 0. The minimum absolute atomic E-state index is 0.0373. The Morgan fingerprint density at radius 3 is 2.51 bits per heavy atom. The topological polar surface area (TPSA) is 72.7 Å². The molecule has 35 heavy (non-hydrogen) atoms. The normalized spacial score (nSPS) is 17.1. The largest absolute Gasteiger partial charge is 0.486 e. The van der Waals surface area contributed by atoms with Gasteiger partial charge in [0.1, 0.15) is 13.2 Å². The highest BCUT2D eigenvalue weighted by atomic mass is 16.6. The van der Waals surface area contributed by atoms with E-state index in [1.807, 2.05) is 33.8 Å². The number of fused-ring (bicyclic) bond motifs is 2. The van der Waals surface area contributed by atoms with E-state index in [4.69, 9.17) is 14.5 Å². The van der Waals surface area contributed by atoms with Gasteiger partial charge in [0.15, 0.2) is 17.1 Å². The summed E-state index contributed by atoms with van der Waals surface area (Å²) < 4.78 is 13.4. The Kier molecular flexibility index (Phi) is 6.17. The third kappa shape index (κ3) is 4.59. The summed E-state index contributed by atoms with van der Waals surface area (Å²) in [5.74, 6) is 1.48. The van der Waals surface area contributed by atoms with Crippen LogP contribution in [0.3, 0.4) is 0 Å². The molecule has 0 unspecified atom stereocenters. The molecule has 4 heterocycles. The van der Waals surface area contributed by atoms with E-state index in [-0.39, 0.29) is 17.5 Å². The first kappa shape index (κ1) is 23.6. The number of pyridine rings is 1. The maximum absolute atomic E-state index is 13.9. The summed E-state index contributed by atoms with van der Waals surface area (Å²) in [5.41, 5.74) is 3.08. The van der Waals surface area contributed by atoms with E-state index in [0.29, 0.717) is 31.1 Å². The molecular weight excluding hydrogens is 442 g/mol. The van der Waals surface area contributed by atoms with Crippen LogP contribution in [-0.2, 0) is 0 Å². The van der Waals surface area contributed by atoms with Crippen LogP contribution in [0.15, 0.2) is 30.5 Å². The molecule has 1 saturated heterocycles. The van der Waals surface area contributed by atoms with Crippen molar-refractivity contribution in [3.63, 3.8) is 0 Å². The van der Waals surface area contributed by atoms with E-state index in [1.165, 1.54) is 0 Å². The van der Waals surface area contributed by atoms with Crippen molar-refractivity contribution in [1.82, 2.24) is 24.6 Å². The molecule has 2 aliphatic heterocycles. The van der Waals surface area contributed by atoms with Gasteiger partial charge in [0.05, 0.1) is 22.8 Å². The van der Waals surface area contributed by atoms with Crippen molar-refractivity contribution in [3.05, 3.63) is 36.0 Å². The maximum Gasteiger partial charge on any atom is 0.254 e. The molecule has 186 valence electrons. The quantitative estimate of drug-likeness (QED) is 0.557. The van der Waals surface area contributed by atoms with Crippen molar-refractivity contribution in [3.8, 4) is 22.8 Å². The highest BCUT2D eigenvalue weighted by Gasteiger charge is 2.28. The lowest BCUT2D eigenvalue weighted by Gasteiger charge is -2.34. The Morgan fingerprint density at radius 2 is 1.77 bits per heavy atom. The van der Waals surface area contributed by atoms with E-state index in [1.54, 1.807) is 6.20 Å². The van der Waals surface area contributed by atoms with Gasteiger partial charge < -0.3 is 14.4 Å². The molecule has 1 fully saturated rings. The average molecular weight is 478 g/mol. The molecule has 5 rings (SSSR count). The SMILES string of the molecule is CC(C)n1ncc2c(C(=O)N3CCCN(C(C)(C)C)CC3)cc(-c3ccc4c(c3)OCCO4)nc21. The van der Waals surface area contributed by atoms with Crippen molar-refractivity contribution in [2.45, 2.75) is 52.6 Å². The van der Waals surface area contributed by atoms with Crippen LogP contribution in [0, 0.1) is 0 Å². The molecule has 1 amide bonds. The maximum atomic E-state index is 13.9. The van der Waals surface area contributed by atoms with Crippen LogP contribution >= 0.6 is 0 Å². The summed E-state index contributed by atoms with van der Waals surface area (Å²) >= 11 is 0. The van der Waals surface area contributed by atoms with E-state index in [9.17, 15) is 4.79 Å². The average Bonchev–Trinajstić information content (AvgIpc) is 3.10. The number of hydrogen-bond acceptors (Lipinski definition) is 6. The predicted octanol–water partition coefficient (Wildman–Crippen LogP) is 4.40. The second-order valence-electron chi connectivity index (χ2n) is 10.6. The lowest BCUT2D eigenvalue weighted by molar-refractivity contribution is 0.0751. The number of aromatic nitrogens is 3. The molecule has 3 aromatic rings. The fourth-order valence-corrected chi connectivity index (χ4v) is 4.89. The number of carbonyl (C=O) groups excluding carboxylic acids is 1. The zero-order chi connectivity index (χ0) is 24.7. The highest BCUT2D eigenvalue weighted by molar-refractivity contribution is 6.06. The minimum atomic E-state index is 0.0373. The van der Waals surface area contributed by atoms with Gasteiger partial charge in [-0.2, -0.15) is 5.10 Å². The molecule has 2 aliphatic rings. The van der Waals surface area contributed by atoms with Gasteiger partial charge in [-0.05, 0) is 65.3 Å². The van der Waals surface area contributed by atoms with Gasteiger partial charge in [0, 0.05) is 43.3 Å². The van der Waals surface area contributed by atoms with Crippen molar-refractivity contribution in [1.29, 1.82) is 0 Å². The second-order valence-corrected chi connectivity index (χ2v) is 10.6. The Bertz CT molecular complexity index is 1240. The summed E-state index contributed by atoms with van der Waals surface area (Å²) in [6.07, 6.45) is 2.74. The van der Waals surface area contributed by atoms with Crippen LogP contribution in [-0.4, -0.2) is 75.4 Å². The van der Waals surface area contributed by atoms with E-state index < -0.39 is 0 Å². The molecular formula is C27H35N5O3. The molecule has 0 saturated carbocycles. The Hall–Kier alpha value is -3.13. The molecule has 0 spiro atoms. The highest BCUT2D eigenvalue weighted by Crippen LogP contribution is 2.35. The molecule has 8 heteroatoms. The fraction of sp³-hybridized carbons (Fsp3) is 0.519. The van der Waals surface area contributed by atoms with Crippen LogP contribution in [0.5, 0.6) is 11.5 Å². The Morgan fingerprint density at radius 1 is 1.00 bits per heavy atom. The third-order valence-electron chi connectivity index (χ3n) is 6.86. The number of rotatable bonds is 3. The van der Waals surface area contributed by atoms with Crippen molar-refractivity contribution < 1.29 is 14.3 Å². The van der Waals surface area contributed by atoms with Gasteiger partial charge in [-0.1, -0.05) is 0 Å². The molecule has 0 radical (unpaired) electrons. The molecule has 2 aromatic heterocycles. The lowest BCUT2D eigenvalue weighted by Crippen LogP contribution is -2.44. The van der Waals surface area contributed by atoms with Crippen LogP contribution in [0.25, 0.3) is 22.3 Å². The van der Waals surface area contributed by atoms with Crippen molar-refractivity contribution in [2.24, 2.45) is 0 Å². The fourth-order valence-electron chi connectivity index (χ4n) is 4.89. The van der Waals surface area contributed by atoms with Crippen molar-refractivity contribution in [2.75, 3.05) is 39.4 Å². The number of amides is 1. The number of ether oxygens (including phenoxy) is 2. The molecule has 0 atom stereocenters. The smallest absolute Gasteiger partial charge is 0.254 e. The number of nitrogens with zero attached hydrogens (tertiary/aromatic N) is 5. The summed E-state index contributed by atoms with van der Waals surface area (Å²) in [6.45, 7) is 15.2. The summed E-state index contributed by atoms with van der Waals surface area (Å²) in [6, 6.07) is 7.86. The van der Waals surface area contributed by atoms with Crippen LogP contribution in [0.2, 0.25) is 0 Å². The summed E-state index contributed by atoms with van der Waals surface area (Å²) in [7, 11) is 0. The first-order valence-electron chi connectivity index (χ1n) is 12.5. The van der Waals surface area contributed by atoms with Crippen LogP contribution < -0.4 is 9.47 Å². The number of benzene rings is 1. The van der Waals surface area contributed by atoms with E-state index in [2.05, 4.69) is 44.6 Å². The molecule has 0 aliphatic carbocycles. The first-order chi connectivity index (χ1) is 16.7. The van der Waals surface area contributed by atoms with Gasteiger partial charge in [-0.3, -0.25) is 9.69 Å². The van der Waals surface area contributed by atoms with Gasteiger partial charge in [0.2, 0.25) is 0 Å². The molecule has 8 nitrogen and oxygen atoms in total. The Labute approximate surface area is 206 Å². The Balaban J connectivity index is 1.55.